The number of rotatable bonds is 2. The zero-order valence-electron chi connectivity index (χ0n) is 11.5. The maximum absolute atomic E-state index is 11.7. The van der Waals surface area contributed by atoms with Crippen LogP contribution in [-0.2, 0) is 4.79 Å². The van der Waals surface area contributed by atoms with E-state index in [1.807, 2.05) is 18.7 Å². The van der Waals surface area contributed by atoms with Gasteiger partial charge in [-0.3, -0.25) is 4.79 Å². The van der Waals surface area contributed by atoms with E-state index in [2.05, 4.69) is 16.4 Å². The molecule has 0 unspecified atom stereocenters. The average Bonchev–Trinajstić information content (AvgIpc) is 2.29. The van der Waals surface area contributed by atoms with Gasteiger partial charge in [-0.2, -0.15) is 0 Å². The highest BCUT2D eigenvalue weighted by Crippen LogP contribution is 2.36. The fourth-order valence-corrected chi connectivity index (χ4v) is 2.67. The molecule has 1 N–H and O–H groups in total. The Morgan fingerprint density at radius 3 is 2.84 bits per heavy atom. The molecule has 102 valence electrons. The van der Waals surface area contributed by atoms with E-state index < -0.39 is 0 Å². The van der Waals surface area contributed by atoms with Gasteiger partial charge in [-0.05, 0) is 32.8 Å². The van der Waals surface area contributed by atoms with Gasteiger partial charge in [0.25, 0.3) is 0 Å². The van der Waals surface area contributed by atoms with E-state index in [9.17, 15) is 4.79 Å². The van der Waals surface area contributed by atoms with Crippen molar-refractivity contribution in [1.82, 2.24) is 15.3 Å². The SMILES string of the molecule is Cc1cc(C2CCC2)nc(N2CCNC(=O)[C@@H]2C)n1. The second kappa shape index (κ2) is 4.79. The number of anilines is 1. The third kappa shape index (κ3) is 2.29. The zero-order valence-corrected chi connectivity index (χ0v) is 11.5. The lowest BCUT2D eigenvalue weighted by molar-refractivity contribution is -0.122. The fourth-order valence-electron chi connectivity index (χ4n) is 2.67. The molecular formula is C14H20N4O. The highest BCUT2D eigenvalue weighted by atomic mass is 16.2. The Morgan fingerprint density at radius 2 is 2.16 bits per heavy atom. The monoisotopic (exact) mass is 260 g/mol. The van der Waals surface area contributed by atoms with Crippen LogP contribution in [0.25, 0.3) is 0 Å². The van der Waals surface area contributed by atoms with Gasteiger partial charge in [0, 0.05) is 30.4 Å². The molecule has 2 aliphatic rings. The number of hydrogen-bond acceptors (Lipinski definition) is 4. The van der Waals surface area contributed by atoms with Crippen molar-refractivity contribution in [3.05, 3.63) is 17.5 Å². The van der Waals surface area contributed by atoms with Crippen LogP contribution in [0.1, 0.15) is 43.5 Å². The quantitative estimate of drug-likeness (QED) is 0.872. The minimum atomic E-state index is -0.190. The highest BCUT2D eigenvalue weighted by Gasteiger charge is 2.29. The predicted octanol–water partition coefficient (Wildman–Crippen LogP) is 1.38. The van der Waals surface area contributed by atoms with Crippen LogP contribution in [0, 0.1) is 6.92 Å². The molecule has 0 aromatic carbocycles. The lowest BCUT2D eigenvalue weighted by Crippen LogP contribution is -2.54. The van der Waals surface area contributed by atoms with Crippen molar-refractivity contribution in [2.75, 3.05) is 18.0 Å². The number of aryl methyl sites for hydroxylation is 1. The molecule has 2 heterocycles. The van der Waals surface area contributed by atoms with Gasteiger partial charge in [-0.15, -0.1) is 0 Å². The van der Waals surface area contributed by atoms with Gasteiger partial charge in [0.1, 0.15) is 6.04 Å². The molecule has 2 fully saturated rings. The molecule has 0 bridgehead atoms. The van der Waals surface area contributed by atoms with Crippen molar-refractivity contribution < 1.29 is 4.79 Å². The predicted molar refractivity (Wildman–Crippen MR) is 73.2 cm³/mol. The molecule has 1 atom stereocenters. The van der Waals surface area contributed by atoms with Crippen molar-refractivity contribution in [3.8, 4) is 0 Å². The third-order valence-corrected chi connectivity index (χ3v) is 4.14. The summed E-state index contributed by atoms with van der Waals surface area (Å²) in [4.78, 5) is 23.0. The minimum absolute atomic E-state index is 0.0570. The lowest BCUT2D eigenvalue weighted by Gasteiger charge is -2.34. The van der Waals surface area contributed by atoms with Gasteiger partial charge in [0.05, 0.1) is 0 Å². The lowest BCUT2D eigenvalue weighted by atomic mass is 9.82. The molecule has 1 amide bonds. The minimum Gasteiger partial charge on any atom is -0.353 e. The van der Waals surface area contributed by atoms with Gasteiger partial charge in [-0.25, -0.2) is 9.97 Å². The molecule has 1 saturated heterocycles. The van der Waals surface area contributed by atoms with Crippen molar-refractivity contribution in [1.29, 1.82) is 0 Å². The van der Waals surface area contributed by atoms with Crippen molar-refractivity contribution in [2.45, 2.75) is 45.1 Å². The molecule has 0 radical (unpaired) electrons. The van der Waals surface area contributed by atoms with Crippen LogP contribution in [-0.4, -0.2) is 35.0 Å². The molecule has 1 aliphatic carbocycles. The van der Waals surface area contributed by atoms with Gasteiger partial charge in [-0.1, -0.05) is 6.42 Å². The third-order valence-electron chi connectivity index (χ3n) is 4.14. The van der Waals surface area contributed by atoms with Gasteiger partial charge >= 0.3 is 0 Å². The Kier molecular flexibility index (Phi) is 3.12. The summed E-state index contributed by atoms with van der Waals surface area (Å²) >= 11 is 0. The number of carbonyl (C=O) groups excluding carboxylic acids is 1. The van der Waals surface area contributed by atoms with Crippen LogP contribution in [0.5, 0.6) is 0 Å². The van der Waals surface area contributed by atoms with E-state index >= 15 is 0 Å². The summed E-state index contributed by atoms with van der Waals surface area (Å²) in [5.41, 5.74) is 2.14. The van der Waals surface area contributed by atoms with E-state index in [-0.39, 0.29) is 11.9 Å². The Hall–Kier alpha value is -1.65. The Balaban J connectivity index is 1.90. The number of nitrogens with one attached hydrogen (secondary N) is 1. The van der Waals surface area contributed by atoms with Crippen LogP contribution in [0.15, 0.2) is 6.07 Å². The molecule has 1 aromatic heterocycles. The van der Waals surface area contributed by atoms with Crippen molar-refractivity contribution >= 4 is 11.9 Å². The maximum atomic E-state index is 11.7. The molecule has 5 nitrogen and oxygen atoms in total. The van der Waals surface area contributed by atoms with Gasteiger partial charge in [0.15, 0.2) is 0 Å². The average molecular weight is 260 g/mol. The molecule has 0 spiro atoms. The number of amides is 1. The van der Waals surface area contributed by atoms with Gasteiger partial charge < -0.3 is 10.2 Å². The number of piperazine rings is 1. The van der Waals surface area contributed by atoms with Gasteiger partial charge in [0.2, 0.25) is 11.9 Å². The summed E-state index contributed by atoms with van der Waals surface area (Å²) in [7, 11) is 0. The summed E-state index contributed by atoms with van der Waals surface area (Å²) in [5.74, 6) is 1.36. The Bertz CT molecular complexity index is 498. The van der Waals surface area contributed by atoms with Crippen LogP contribution < -0.4 is 10.2 Å². The number of carbonyl (C=O) groups is 1. The van der Waals surface area contributed by atoms with Crippen molar-refractivity contribution in [2.24, 2.45) is 0 Å². The molecule has 1 aromatic rings. The Morgan fingerprint density at radius 1 is 1.37 bits per heavy atom. The van der Waals surface area contributed by atoms with E-state index in [0.29, 0.717) is 18.4 Å². The molecular weight excluding hydrogens is 240 g/mol. The smallest absolute Gasteiger partial charge is 0.242 e. The van der Waals surface area contributed by atoms with Crippen LogP contribution in [0.2, 0.25) is 0 Å². The first-order valence-electron chi connectivity index (χ1n) is 7.05. The first-order chi connectivity index (χ1) is 9.15. The van der Waals surface area contributed by atoms with E-state index in [4.69, 9.17) is 4.98 Å². The summed E-state index contributed by atoms with van der Waals surface area (Å²) in [5, 5.41) is 2.87. The second-order valence-corrected chi connectivity index (χ2v) is 5.52. The van der Waals surface area contributed by atoms with Crippen molar-refractivity contribution in [3.63, 3.8) is 0 Å². The Labute approximate surface area is 113 Å². The van der Waals surface area contributed by atoms with Crippen LogP contribution in [0.4, 0.5) is 5.95 Å². The molecule has 3 rings (SSSR count). The fraction of sp³-hybridized carbons (Fsp3) is 0.643. The normalized spacial score (nSPS) is 24.0. The number of hydrogen-bond donors (Lipinski definition) is 1. The van der Waals surface area contributed by atoms with E-state index in [1.54, 1.807) is 0 Å². The summed E-state index contributed by atoms with van der Waals surface area (Å²) in [6.07, 6.45) is 3.75. The summed E-state index contributed by atoms with van der Waals surface area (Å²) < 4.78 is 0. The second-order valence-electron chi connectivity index (χ2n) is 5.52. The van der Waals surface area contributed by atoms with Crippen LogP contribution in [0.3, 0.4) is 0 Å². The van der Waals surface area contributed by atoms with E-state index in [1.165, 1.54) is 19.3 Å². The first kappa shape index (κ1) is 12.4. The standard InChI is InChI=1S/C14H20N4O/c1-9-8-12(11-4-3-5-11)17-14(16-9)18-7-6-15-13(19)10(18)2/h8,10-11H,3-7H2,1-2H3,(H,15,19)/t10-/m0/s1. The molecule has 5 heteroatoms. The molecule has 19 heavy (non-hydrogen) atoms. The number of aromatic nitrogens is 2. The maximum Gasteiger partial charge on any atom is 0.242 e. The molecule has 1 saturated carbocycles. The first-order valence-corrected chi connectivity index (χ1v) is 7.05. The highest BCUT2D eigenvalue weighted by molar-refractivity contribution is 5.85. The molecule has 1 aliphatic heterocycles. The topological polar surface area (TPSA) is 58.1 Å². The summed E-state index contributed by atoms with van der Waals surface area (Å²) in [6, 6.07) is 1.90. The zero-order chi connectivity index (χ0) is 13.4. The number of nitrogens with zero attached hydrogens (tertiary/aromatic N) is 3. The summed E-state index contributed by atoms with van der Waals surface area (Å²) in [6.45, 7) is 5.35. The van der Waals surface area contributed by atoms with E-state index in [0.717, 1.165) is 17.9 Å². The largest absolute Gasteiger partial charge is 0.353 e. The van der Waals surface area contributed by atoms with Crippen LogP contribution >= 0.6 is 0 Å².